The van der Waals surface area contributed by atoms with E-state index in [1.165, 1.54) is 33.0 Å². The minimum Gasteiger partial charge on any atom is -0.302 e. The third-order valence-corrected chi connectivity index (χ3v) is 9.76. The van der Waals surface area contributed by atoms with E-state index in [9.17, 15) is 13.2 Å². The molecule has 9 heteroatoms. The lowest BCUT2D eigenvalue weighted by Gasteiger charge is -2.30. The Hall–Kier alpha value is -2.20. The Labute approximate surface area is 209 Å². The van der Waals surface area contributed by atoms with E-state index in [0.717, 1.165) is 16.2 Å². The van der Waals surface area contributed by atoms with E-state index in [2.05, 4.69) is 48.4 Å². The number of benzene rings is 2. The number of hydrogen-bond acceptors (Lipinski definition) is 6. The van der Waals surface area contributed by atoms with Crippen molar-refractivity contribution in [1.29, 1.82) is 0 Å². The molecule has 0 radical (unpaired) electrons. The number of nitrogens with zero attached hydrogens (tertiary/aromatic N) is 2. The van der Waals surface area contributed by atoms with Gasteiger partial charge in [-0.1, -0.05) is 50.2 Å². The van der Waals surface area contributed by atoms with Crippen LogP contribution in [0.25, 0.3) is 11.3 Å². The van der Waals surface area contributed by atoms with E-state index >= 15 is 0 Å². The van der Waals surface area contributed by atoms with Crippen molar-refractivity contribution in [1.82, 2.24) is 9.29 Å². The number of anilines is 1. The molecule has 1 amide bonds. The second-order valence-electron chi connectivity index (χ2n) is 8.63. The highest BCUT2D eigenvalue weighted by molar-refractivity contribution is 7.99. The first kappa shape index (κ1) is 24.9. The van der Waals surface area contributed by atoms with Gasteiger partial charge in [-0.15, -0.1) is 23.1 Å². The van der Waals surface area contributed by atoms with Crippen LogP contribution < -0.4 is 5.32 Å². The number of piperidine rings is 1. The lowest BCUT2D eigenvalue weighted by atomic mass is 9.97. The van der Waals surface area contributed by atoms with Crippen molar-refractivity contribution in [3.05, 3.63) is 59.5 Å². The Morgan fingerprint density at radius 3 is 2.44 bits per heavy atom. The Balaban J connectivity index is 1.36. The molecule has 1 fully saturated rings. The molecule has 0 saturated carbocycles. The van der Waals surface area contributed by atoms with Crippen molar-refractivity contribution in [2.75, 3.05) is 24.7 Å². The summed E-state index contributed by atoms with van der Waals surface area (Å²) < 4.78 is 27.8. The van der Waals surface area contributed by atoms with Crippen LogP contribution in [-0.2, 0) is 14.8 Å². The maximum Gasteiger partial charge on any atom is 0.244 e. The molecule has 2 aromatic carbocycles. The van der Waals surface area contributed by atoms with Gasteiger partial charge in [0.1, 0.15) is 0 Å². The summed E-state index contributed by atoms with van der Waals surface area (Å²) in [6, 6.07) is 15.4. The Kier molecular flexibility index (Phi) is 7.77. The van der Waals surface area contributed by atoms with Gasteiger partial charge in [-0.2, -0.15) is 4.31 Å². The largest absolute Gasteiger partial charge is 0.302 e. The zero-order valence-corrected chi connectivity index (χ0v) is 22.0. The first-order valence-electron chi connectivity index (χ1n) is 11.3. The van der Waals surface area contributed by atoms with Crippen molar-refractivity contribution < 1.29 is 13.2 Å². The Morgan fingerprint density at radius 1 is 1.12 bits per heavy atom. The van der Waals surface area contributed by atoms with Gasteiger partial charge < -0.3 is 5.32 Å². The standard InChI is InChI=1S/C25H29N3O3S3/c1-17(2)18-8-10-19(11-9-18)21-16-33-25(26-21)27-24(29)20-12-14-28(15-13-20)34(30,31)23-7-5-4-6-22(23)32-3/h4-11,16-17,20H,12-15H2,1-3H3,(H,26,27,29). The molecule has 6 nitrogen and oxygen atoms in total. The average molecular weight is 516 g/mol. The van der Waals surface area contributed by atoms with Crippen LogP contribution in [0.3, 0.4) is 0 Å². The van der Waals surface area contributed by atoms with Crippen LogP contribution in [0.5, 0.6) is 0 Å². The number of amides is 1. The minimum absolute atomic E-state index is 0.0994. The Morgan fingerprint density at radius 2 is 1.79 bits per heavy atom. The number of hydrogen-bond donors (Lipinski definition) is 1. The fourth-order valence-corrected chi connectivity index (χ4v) is 7.35. The molecule has 0 unspecified atom stereocenters. The fraction of sp³-hybridized carbons (Fsp3) is 0.360. The summed E-state index contributed by atoms with van der Waals surface area (Å²) in [5.74, 6) is 0.138. The van der Waals surface area contributed by atoms with Crippen molar-refractivity contribution >= 4 is 44.2 Å². The molecule has 0 aliphatic carbocycles. The summed E-state index contributed by atoms with van der Waals surface area (Å²) in [7, 11) is -3.58. The van der Waals surface area contributed by atoms with Gasteiger partial charge in [0.15, 0.2) is 5.13 Å². The monoisotopic (exact) mass is 515 g/mol. The second-order valence-corrected chi connectivity index (χ2v) is 12.2. The number of rotatable bonds is 7. The predicted octanol–water partition coefficient (Wildman–Crippen LogP) is 5.69. The van der Waals surface area contributed by atoms with Crippen molar-refractivity contribution in [2.24, 2.45) is 5.92 Å². The zero-order chi connectivity index (χ0) is 24.3. The first-order chi connectivity index (χ1) is 16.3. The third-order valence-electron chi connectivity index (χ3n) is 6.12. The van der Waals surface area contributed by atoms with Gasteiger partial charge >= 0.3 is 0 Å². The number of thiazole rings is 1. The maximum absolute atomic E-state index is 13.1. The zero-order valence-electron chi connectivity index (χ0n) is 19.5. The number of thioether (sulfide) groups is 1. The molecular formula is C25H29N3O3S3. The van der Waals surface area contributed by atoms with Crippen LogP contribution in [0.4, 0.5) is 5.13 Å². The van der Waals surface area contributed by atoms with Gasteiger partial charge in [0.05, 0.1) is 10.6 Å². The number of carbonyl (C=O) groups excluding carboxylic acids is 1. The summed E-state index contributed by atoms with van der Waals surface area (Å²) in [6.45, 7) is 4.98. The predicted molar refractivity (Wildman–Crippen MR) is 140 cm³/mol. The van der Waals surface area contributed by atoms with Crippen LogP contribution in [-0.4, -0.2) is 43.0 Å². The molecule has 0 bridgehead atoms. The number of aromatic nitrogens is 1. The van der Waals surface area contributed by atoms with Gasteiger partial charge in [0, 0.05) is 34.8 Å². The van der Waals surface area contributed by atoms with E-state index in [4.69, 9.17) is 0 Å². The van der Waals surface area contributed by atoms with Crippen LogP contribution in [0.2, 0.25) is 0 Å². The second kappa shape index (κ2) is 10.6. The van der Waals surface area contributed by atoms with E-state index in [0.29, 0.717) is 41.9 Å². The molecule has 0 spiro atoms. The number of nitrogens with one attached hydrogen (secondary N) is 1. The summed E-state index contributed by atoms with van der Waals surface area (Å²) in [4.78, 5) is 18.5. The van der Waals surface area contributed by atoms with Crippen LogP contribution in [0, 0.1) is 5.92 Å². The third kappa shape index (κ3) is 5.38. The average Bonchev–Trinajstić information content (AvgIpc) is 3.32. The van der Waals surface area contributed by atoms with Crippen molar-refractivity contribution in [3.63, 3.8) is 0 Å². The lowest BCUT2D eigenvalue weighted by molar-refractivity contribution is -0.120. The minimum atomic E-state index is -3.58. The van der Waals surface area contributed by atoms with Gasteiger partial charge in [-0.25, -0.2) is 13.4 Å². The van der Waals surface area contributed by atoms with Gasteiger partial charge in [-0.05, 0) is 42.7 Å². The molecule has 4 rings (SSSR count). The molecule has 1 saturated heterocycles. The highest BCUT2D eigenvalue weighted by atomic mass is 32.2. The molecule has 3 aromatic rings. The summed E-state index contributed by atoms with van der Waals surface area (Å²) >= 11 is 2.82. The van der Waals surface area contributed by atoms with Crippen molar-refractivity contribution in [2.45, 2.75) is 42.4 Å². The molecule has 1 aliphatic heterocycles. The lowest BCUT2D eigenvalue weighted by Crippen LogP contribution is -2.41. The smallest absolute Gasteiger partial charge is 0.244 e. The molecule has 0 atom stereocenters. The number of carbonyl (C=O) groups is 1. The quantitative estimate of drug-likeness (QED) is 0.409. The molecule has 2 heterocycles. The molecule has 1 aromatic heterocycles. The number of sulfonamides is 1. The summed E-state index contributed by atoms with van der Waals surface area (Å²) in [5.41, 5.74) is 3.13. The fourth-order valence-electron chi connectivity index (χ4n) is 4.04. The normalized spacial score (nSPS) is 15.5. The van der Waals surface area contributed by atoms with E-state index in [1.807, 2.05) is 23.8 Å². The first-order valence-corrected chi connectivity index (χ1v) is 14.8. The molecule has 1 aliphatic rings. The molecule has 1 N–H and O–H groups in total. The van der Waals surface area contributed by atoms with Crippen molar-refractivity contribution in [3.8, 4) is 11.3 Å². The van der Waals surface area contributed by atoms with Gasteiger partial charge in [-0.3, -0.25) is 4.79 Å². The highest BCUT2D eigenvalue weighted by Gasteiger charge is 2.33. The highest BCUT2D eigenvalue weighted by Crippen LogP contribution is 2.31. The van der Waals surface area contributed by atoms with E-state index < -0.39 is 10.0 Å². The molecular weight excluding hydrogens is 486 g/mol. The topological polar surface area (TPSA) is 79.4 Å². The Bertz CT molecular complexity index is 1250. The summed E-state index contributed by atoms with van der Waals surface area (Å²) in [5, 5.41) is 5.44. The molecule has 180 valence electrons. The SMILES string of the molecule is CSc1ccccc1S(=O)(=O)N1CCC(C(=O)Nc2nc(-c3ccc(C(C)C)cc3)cs2)CC1. The van der Waals surface area contributed by atoms with Crippen LogP contribution in [0.15, 0.2) is 63.7 Å². The molecule has 34 heavy (non-hydrogen) atoms. The van der Waals surface area contributed by atoms with E-state index in [1.54, 1.807) is 12.1 Å². The summed E-state index contributed by atoms with van der Waals surface area (Å²) in [6.07, 6.45) is 2.85. The van der Waals surface area contributed by atoms with Gasteiger partial charge in [0.25, 0.3) is 0 Å². The van der Waals surface area contributed by atoms with Gasteiger partial charge in [0.2, 0.25) is 15.9 Å². The maximum atomic E-state index is 13.1. The van der Waals surface area contributed by atoms with E-state index in [-0.39, 0.29) is 11.8 Å². The van der Waals surface area contributed by atoms with Crippen LogP contribution in [0.1, 0.15) is 38.2 Å². The van der Waals surface area contributed by atoms with Crippen LogP contribution >= 0.6 is 23.1 Å².